The third kappa shape index (κ3) is 14.1. The molecule has 3 aromatic rings. The van der Waals surface area contributed by atoms with Gasteiger partial charge in [0.05, 0.1) is 13.2 Å². The average Bonchev–Trinajstić information content (AvgIpc) is 3.80. The molecule has 0 unspecified atom stereocenters. The first-order valence-electron chi connectivity index (χ1n) is 14.1. The van der Waals surface area contributed by atoms with E-state index in [4.69, 9.17) is 38.3 Å². The number of benzene rings is 3. The molecule has 0 spiro atoms. The topological polar surface area (TPSA) is 108 Å². The molecule has 12 heteroatoms. The zero-order chi connectivity index (χ0) is 30.0. The van der Waals surface area contributed by atoms with Gasteiger partial charge in [0.1, 0.15) is 0 Å². The van der Waals surface area contributed by atoms with Crippen LogP contribution in [0.3, 0.4) is 0 Å². The average molecular weight is 696 g/mol. The van der Waals surface area contributed by atoms with E-state index in [9.17, 15) is 5.11 Å². The van der Waals surface area contributed by atoms with Crippen LogP contribution in [0.5, 0.6) is 34.5 Å². The van der Waals surface area contributed by atoms with Gasteiger partial charge in [-0.25, -0.2) is 0 Å². The van der Waals surface area contributed by atoms with Crippen molar-refractivity contribution in [2.75, 3.05) is 32.3 Å². The van der Waals surface area contributed by atoms with Gasteiger partial charge in [0.2, 0.25) is 20.4 Å². The van der Waals surface area contributed by atoms with Gasteiger partial charge in [-0.3, -0.25) is 0 Å². The molecule has 0 aliphatic carbocycles. The third-order valence-corrected chi connectivity index (χ3v) is 6.62. The molecule has 0 bridgehead atoms. The second-order valence-corrected chi connectivity index (χ2v) is 10.1. The van der Waals surface area contributed by atoms with Crippen LogP contribution in [-0.2, 0) is 24.6 Å². The molecule has 1 N–H and O–H groups in total. The Hall–Kier alpha value is -1.18. The Morgan fingerprint density at radius 2 is 1.11 bits per heavy atom. The summed E-state index contributed by atoms with van der Waals surface area (Å²) in [4.78, 5) is 0. The largest absolute Gasteiger partial charge is 1.00 e. The molecule has 3 aromatic carbocycles. The molecular formula is C32H41BrNa2O9. The zero-order valence-electron chi connectivity index (χ0n) is 27.3. The molecule has 0 radical (unpaired) electrons. The molecule has 232 valence electrons. The van der Waals surface area contributed by atoms with Gasteiger partial charge >= 0.3 is 59.1 Å². The predicted octanol–water partition coefficient (Wildman–Crippen LogP) is 0.217. The molecule has 0 saturated heterocycles. The molecule has 44 heavy (non-hydrogen) atoms. The second-order valence-electron chi connectivity index (χ2n) is 9.31. The van der Waals surface area contributed by atoms with Crippen LogP contribution in [0.15, 0.2) is 54.6 Å². The number of ether oxygens (including phenoxy) is 7. The van der Waals surface area contributed by atoms with E-state index in [1.54, 1.807) is 30.3 Å². The first-order valence-corrected chi connectivity index (χ1v) is 15.2. The minimum atomic E-state index is -0.212. The summed E-state index contributed by atoms with van der Waals surface area (Å²) in [6, 6.07) is 16.5. The Labute approximate surface area is 314 Å². The maximum absolute atomic E-state index is 10.4. The number of hydrogen-bond donors (Lipinski definition) is 1. The van der Waals surface area contributed by atoms with E-state index in [0.29, 0.717) is 19.1 Å². The Balaban J connectivity index is 0.000000589. The molecule has 9 nitrogen and oxygen atoms in total. The van der Waals surface area contributed by atoms with Crippen LogP contribution in [0.4, 0.5) is 0 Å². The van der Waals surface area contributed by atoms with Crippen molar-refractivity contribution < 1.29 is 104 Å². The molecule has 0 aromatic heterocycles. The van der Waals surface area contributed by atoms with E-state index in [-0.39, 0.29) is 87.3 Å². The van der Waals surface area contributed by atoms with Gasteiger partial charge in [-0.1, -0.05) is 66.4 Å². The Kier molecular flexibility index (Phi) is 22.3. The Morgan fingerprint density at radius 1 is 0.682 bits per heavy atom. The molecule has 0 fully saturated rings. The fraction of sp³-hybridized carbons (Fsp3) is 0.438. The first-order chi connectivity index (χ1) is 20.6. The summed E-state index contributed by atoms with van der Waals surface area (Å²) >= 11 is 3.31. The number of unbranched alkanes of at least 4 members (excludes halogenated alkanes) is 2. The van der Waals surface area contributed by atoms with Crippen molar-refractivity contribution in [2.24, 2.45) is 0 Å². The third-order valence-electron chi connectivity index (χ3n) is 6.06. The smallest absolute Gasteiger partial charge is 1.00 e. The number of rotatable bonds is 9. The van der Waals surface area contributed by atoms with Crippen LogP contribution < -0.4 is 92.6 Å². The summed E-state index contributed by atoms with van der Waals surface area (Å²) in [5.74, 6) is 4.53. The molecule has 3 aliphatic rings. The van der Waals surface area contributed by atoms with Crippen molar-refractivity contribution in [2.45, 2.75) is 59.4 Å². The van der Waals surface area contributed by atoms with Gasteiger partial charge in [0.25, 0.3) is 0 Å². The monoisotopic (exact) mass is 694 g/mol. The molecule has 0 amide bonds. The van der Waals surface area contributed by atoms with Crippen LogP contribution >= 0.6 is 15.9 Å². The molecule has 3 heterocycles. The molecule has 3 aliphatic heterocycles. The van der Waals surface area contributed by atoms with Crippen molar-refractivity contribution in [1.82, 2.24) is 0 Å². The SMILES string of the molecule is CCCCBr.CCCCOCc1ccc2c(c1)OCO2.OCc1ccc2c(c1)OCO2.[H-].[Na+].[Na+].[O-]Cc1ccc2c(c1)OCO2. The van der Waals surface area contributed by atoms with Gasteiger partial charge in [-0.2, -0.15) is 0 Å². The summed E-state index contributed by atoms with van der Waals surface area (Å²) in [5, 5.41) is 20.4. The van der Waals surface area contributed by atoms with Gasteiger partial charge in [-0.15, -0.1) is 6.61 Å². The van der Waals surface area contributed by atoms with Crippen molar-refractivity contribution in [1.29, 1.82) is 0 Å². The second kappa shape index (κ2) is 24.1. The first kappa shape index (κ1) is 40.8. The van der Waals surface area contributed by atoms with Gasteiger partial charge < -0.3 is 44.8 Å². The summed E-state index contributed by atoms with van der Waals surface area (Å²) in [7, 11) is 0. The number of fused-ring (bicyclic) bond motifs is 3. The Morgan fingerprint density at radius 3 is 1.55 bits per heavy atom. The quantitative estimate of drug-likeness (QED) is 0.191. The number of alkyl halides is 1. The molecule has 0 saturated carbocycles. The van der Waals surface area contributed by atoms with E-state index < -0.39 is 0 Å². The van der Waals surface area contributed by atoms with Crippen molar-refractivity contribution in [3.63, 3.8) is 0 Å². The van der Waals surface area contributed by atoms with E-state index in [1.807, 2.05) is 24.3 Å². The van der Waals surface area contributed by atoms with Gasteiger partial charge in [0.15, 0.2) is 34.5 Å². The van der Waals surface area contributed by atoms with E-state index in [0.717, 1.165) is 63.8 Å². The van der Waals surface area contributed by atoms with Gasteiger partial charge in [0, 0.05) is 11.9 Å². The number of hydrogen-bond acceptors (Lipinski definition) is 9. The summed E-state index contributed by atoms with van der Waals surface area (Å²) in [6.07, 6.45) is 4.89. The standard InChI is InChI=1S/C12H16O3.C8H8O3.C8H7O3.C4H9Br.2Na.H/c1-2-3-6-13-8-10-4-5-11-12(7-10)15-9-14-11;2*9-4-6-1-2-7-8(3-6)11-5-10-7;1-2-3-4-5;;;/h4-5,7H,2-3,6,8-9H2,1H3;1-3,9H,4-5H2;1-3H,4-5H2;2-4H2,1H3;;;/q;;-1;;2*+1;-1. The maximum atomic E-state index is 10.4. The van der Waals surface area contributed by atoms with Crippen LogP contribution in [0.2, 0.25) is 0 Å². The zero-order valence-corrected chi connectivity index (χ0v) is 31.9. The van der Waals surface area contributed by atoms with Crippen LogP contribution in [0.1, 0.15) is 57.6 Å². The van der Waals surface area contributed by atoms with Crippen LogP contribution in [-0.4, -0.2) is 37.4 Å². The van der Waals surface area contributed by atoms with E-state index in [2.05, 4.69) is 29.8 Å². The van der Waals surface area contributed by atoms with E-state index in [1.165, 1.54) is 19.3 Å². The van der Waals surface area contributed by atoms with Gasteiger partial charge in [-0.05, 0) is 60.4 Å². The molecular weight excluding hydrogens is 654 g/mol. The molecule has 0 atom stereocenters. The van der Waals surface area contributed by atoms with Crippen molar-refractivity contribution in [3.8, 4) is 34.5 Å². The van der Waals surface area contributed by atoms with Crippen LogP contribution in [0, 0.1) is 0 Å². The van der Waals surface area contributed by atoms with Crippen molar-refractivity contribution >= 4 is 15.9 Å². The minimum Gasteiger partial charge on any atom is -1.00 e. The number of halogens is 1. The van der Waals surface area contributed by atoms with E-state index >= 15 is 0 Å². The summed E-state index contributed by atoms with van der Waals surface area (Å²) in [6.45, 7) is 6.51. The predicted molar refractivity (Wildman–Crippen MR) is 162 cm³/mol. The number of aliphatic hydroxyl groups excluding tert-OH is 1. The fourth-order valence-corrected chi connectivity index (χ4v) is 4.23. The van der Waals surface area contributed by atoms with Crippen LogP contribution in [0.25, 0.3) is 0 Å². The van der Waals surface area contributed by atoms with Crippen molar-refractivity contribution in [3.05, 3.63) is 71.3 Å². The maximum Gasteiger partial charge on any atom is 1.00 e. The normalized spacial score (nSPS) is 12.2. The molecule has 6 rings (SSSR count). The number of aliphatic hydroxyl groups is 1. The Bertz CT molecular complexity index is 1160. The summed E-state index contributed by atoms with van der Waals surface area (Å²) < 4.78 is 36.4. The fourth-order valence-electron chi connectivity index (χ4n) is 3.67. The summed E-state index contributed by atoms with van der Waals surface area (Å²) in [5.41, 5.74) is 2.71. The minimum absolute atomic E-state index is 0.